The van der Waals surface area contributed by atoms with Gasteiger partial charge in [-0.05, 0) is 29.0 Å². The van der Waals surface area contributed by atoms with E-state index >= 15 is 0 Å². The van der Waals surface area contributed by atoms with Crippen molar-refractivity contribution in [1.82, 2.24) is 9.88 Å². The fourth-order valence-corrected chi connectivity index (χ4v) is 2.20. The molecule has 0 bridgehead atoms. The van der Waals surface area contributed by atoms with Gasteiger partial charge in [0, 0.05) is 25.5 Å². The molecule has 0 saturated heterocycles. The summed E-state index contributed by atoms with van der Waals surface area (Å²) in [4.78, 5) is 16.2. The van der Waals surface area contributed by atoms with E-state index in [9.17, 15) is 10.1 Å². The first-order chi connectivity index (χ1) is 10.6. The molecule has 2 rings (SSSR count). The second-order valence-corrected chi connectivity index (χ2v) is 5.07. The molecular formula is C16H18N4O2. The number of hydrogen-bond donors (Lipinski definition) is 1. The minimum absolute atomic E-state index is 0.500. The van der Waals surface area contributed by atoms with Gasteiger partial charge in [0.2, 0.25) is 0 Å². The number of benzene rings is 1. The van der Waals surface area contributed by atoms with Gasteiger partial charge >= 0.3 is 5.84 Å². The summed E-state index contributed by atoms with van der Waals surface area (Å²) in [5, 5.41) is 18.5. The molecule has 1 aromatic heterocycles. The molecular weight excluding hydrogens is 280 g/mol. The van der Waals surface area contributed by atoms with Crippen molar-refractivity contribution in [1.29, 1.82) is 5.41 Å². The van der Waals surface area contributed by atoms with Crippen molar-refractivity contribution >= 4 is 5.84 Å². The minimum atomic E-state index is -0.633. The number of nitrogens with one attached hydrogen (secondary N) is 1. The van der Waals surface area contributed by atoms with Gasteiger partial charge in [-0.15, -0.1) is 0 Å². The topological polar surface area (TPSA) is 83.1 Å². The average molecular weight is 298 g/mol. The van der Waals surface area contributed by atoms with Crippen LogP contribution in [0, 0.1) is 15.5 Å². The second kappa shape index (κ2) is 7.42. The lowest BCUT2D eigenvalue weighted by atomic mass is 10.1. The predicted octanol–water partition coefficient (Wildman–Crippen LogP) is 2.73. The average Bonchev–Trinajstić information content (AvgIpc) is 2.54. The van der Waals surface area contributed by atoms with Crippen LogP contribution in [0.4, 0.5) is 0 Å². The normalized spacial score (nSPS) is 12.1. The van der Waals surface area contributed by atoms with E-state index in [2.05, 4.69) is 4.98 Å². The zero-order valence-electron chi connectivity index (χ0n) is 12.3. The fraction of sp³-hybridized carbons (Fsp3) is 0.250. The lowest BCUT2D eigenvalue weighted by Gasteiger charge is -2.26. The third kappa shape index (κ3) is 4.20. The Kier molecular flexibility index (Phi) is 5.32. The summed E-state index contributed by atoms with van der Waals surface area (Å²) in [5.41, 5.74) is 2.01. The summed E-state index contributed by atoms with van der Waals surface area (Å²) in [6, 6.07) is 12.9. The number of amidine groups is 1. The summed E-state index contributed by atoms with van der Waals surface area (Å²) in [6.07, 6.45) is 3.42. The first-order valence-corrected chi connectivity index (χ1v) is 6.97. The van der Waals surface area contributed by atoms with E-state index in [4.69, 9.17) is 5.41 Å². The number of nitro groups is 1. The molecule has 0 radical (unpaired) electrons. The Hall–Kier alpha value is -2.60. The van der Waals surface area contributed by atoms with Crippen LogP contribution in [0.5, 0.6) is 0 Å². The molecule has 6 heteroatoms. The van der Waals surface area contributed by atoms with Gasteiger partial charge in [-0.25, -0.2) is 0 Å². The van der Waals surface area contributed by atoms with Crippen LogP contribution in [-0.4, -0.2) is 26.7 Å². The molecule has 22 heavy (non-hydrogen) atoms. The van der Waals surface area contributed by atoms with Gasteiger partial charge in [0.05, 0.1) is 0 Å². The summed E-state index contributed by atoms with van der Waals surface area (Å²) >= 11 is 0. The smallest absolute Gasteiger partial charge is 0.347 e. The maximum absolute atomic E-state index is 10.9. The SMILES string of the molecule is CC(C(=N)[N+](=O)[O-])N(Cc1ccccc1)Cc1cccnc1. The van der Waals surface area contributed by atoms with Crippen LogP contribution in [0.2, 0.25) is 0 Å². The summed E-state index contributed by atoms with van der Waals surface area (Å²) in [5.74, 6) is -0.500. The molecule has 0 amide bonds. The van der Waals surface area contributed by atoms with Crippen molar-refractivity contribution in [3.63, 3.8) is 0 Å². The van der Waals surface area contributed by atoms with E-state index in [-0.39, 0.29) is 0 Å². The zero-order chi connectivity index (χ0) is 15.9. The van der Waals surface area contributed by atoms with Gasteiger partial charge < -0.3 is 10.1 Å². The standard InChI is InChI=1S/C16H18N4O2/c1-13(16(17)20(21)22)19(11-14-6-3-2-4-7-14)12-15-8-5-9-18-10-15/h2-10,13,17H,11-12H2,1H3. The van der Waals surface area contributed by atoms with Gasteiger partial charge in [-0.1, -0.05) is 41.8 Å². The van der Waals surface area contributed by atoms with Crippen molar-refractivity contribution in [3.8, 4) is 0 Å². The molecule has 1 heterocycles. The molecule has 1 aromatic carbocycles. The van der Waals surface area contributed by atoms with E-state index in [0.717, 1.165) is 11.1 Å². The molecule has 1 atom stereocenters. The van der Waals surface area contributed by atoms with E-state index in [0.29, 0.717) is 13.1 Å². The number of hydrogen-bond acceptors (Lipinski definition) is 5. The molecule has 1 unspecified atom stereocenters. The highest BCUT2D eigenvalue weighted by Crippen LogP contribution is 2.13. The van der Waals surface area contributed by atoms with Crippen LogP contribution in [0.1, 0.15) is 18.1 Å². The molecule has 1 N–H and O–H groups in total. The van der Waals surface area contributed by atoms with Crippen molar-refractivity contribution < 1.29 is 4.92 Å². The lowest BCUT2D eigenvalue weighted by Crippen LogP contribution is -2.40. The van der Waals surface area contributed by atoms with Crippen LogP contribution < -0.4 is 0 Å². The van der Waals surface area contributed by atoms with Crippen molar-refractivity contribution in [2.45, 2.75) is 26.1 Å². The summed E-state index contributed by atoms with van der Waals surface area (Å²) in [6.45, 7) is 2.72. The highest BCUT2D eigenvalue weighted by molar-refractivity contribution is 5.76. The van der Waals surface area contributed by atoms with Gasteiger partial charge in [-0.3, -0.25) is 9.88 Å². The Labute approximate surface area is 129 Å². The van der Waals surface area contributed by atoms with Crippen LogP contribution in [0.3, 0.4) is 0 Å². The van der Waals surface area contributed by atoms with Crippen molar-refractivity contribution in [3.05, 3.63) is 76.1 Å². The van der Waals surface area contributed by atoms with Gasteiger partial charge in [0.15, 0.2) is 0 Å². The lowest BCUT2D eigenvalue weighted by molar-refractivity contribution is -0.358. The molecule has 0 saturated carbocycles. The Bertz CT molecular complexity index is 590. The first kappa shape index (κ1) is 15.8. The summed E-state index contributed by atoms with van der Waals surface area (Å²) < 4.78 is 0. The number of rotatable bonds is 6. The molecule has 2 aromatic rings. The Morgan fingerprint density at radius 3 is 2.45 bits per heavy atom. The number of nitrogens with zero attached hydrogens (tertiary/aromatic N) is 3. The van der Waals surface area contributed by atoms with Crippen LogP contribution in [-0.2, 0) is 13.1 Å². The van der Waals surface area contributed by atoms with Crippen LogP contribution in [0.25, 0.3) is 0 Å². The third-order valence-electron chi connectivity index (χ3n) is 3.48. The highest BCUT2D eigenvalue weighted by Gasteiger charge is 2.26. The maximum Gasteiger partial charge on any atom is 0.347 e. The molecule has 0 spiro atoms. The Balaban J connectivity index is 2.20. The van der Waals surface area contributed by atoms with E-state index in [1.165, 1.54) is 0 Å². The van der Waals surface area contributed by atoms with Gasteiger partial charge in [-0.2, -0.15) is 0 Å². The Morgan fingerprint density at radius 2 is 1.86 bits per heavy atom. The van der Waals surface area contributed by atoms with E-state index in [1.807, 2.05) is 47.4 Å². The summed E-state index contributed by atoms with van der Waals surface area (Å²) in [7, 11) is 0. The van der Waals surface area contributed by atoms with Crippen LogP contribution in [0.15, 0.2) is 54.9 Å². The molecule has 6 nitrogen and oxygen atoms in total. The third-order valence-corrected chi connectivity index (χ3v) is 3.48. The molecule has 0 aliphatic rings. The van der Waals surface area contributed by atoms with Crippen LogP contribution >= 0.6 is 0 Å². The Morgan fingerprint density at radius 1 is 1.23 bits per heavy atom. The van der Waals surface area contributed by atoms with Gasteiger partial charge in [0.1, 0.15) is 6.04 Å². The first-order valence-electron chi connectivity index (χ1n) is 6.97. The van der Waals surface area contributed by atoms with E-state index in [1.54, 1.807) is 19.3 Å². The second-order valence-electron chi connectivity index (χ2n) is 5.07. The monoisotopic (exact) mass is 298 g/mol. The fourth-order valence-electron chi connectivity index (χ4n) is 2.20. The number of aromatic nitrogens is 1. The van der Waals surface area contributed by atoms with E-state index < -0.39 is 16.8 Å². The quantitative estimate of drug-likeness (QED) is 0.385. The highest BCUT2D eigenvalue weighted by atomic mass is 16.6. The molecule has 0 fully saturated rings. The molecule has 0 aliphatic carbocycles. The molecule has 114 valence electrons. The predicted molar refractivity (Wildman–Crippen MR) is 84.1 cm³/mol. The minimum Gasteiger partial charge on any atom is -0.358 e. The molecule has 0 aliphatic heterocycles. The van der Waals surface area contributed by atoms with Gasteiger partial charge in [0.25, 0.3) is 0 Å². The maximum atomic E-state index is 10.9. The largest absolute Gasteiger partial charge is 0.358 e. The van der Waals surface area contributed by atoms with Crippen molar-refractivity contribution in [2.75, 3.05) is 0 Å². The number of pyridine rings is 1. The zero-order valence-corrected chi connectivity index (χ0v) is 12.3. The van der Waals surface area contributed by atoms with Crippen molar-refractivity contribution in [2.24, 2.45) is 0 Å².